The van der Waals surface area contributed by atoms with Gasteiger partial charge in [0.05, 0.1) is 6.04 Å². The van der Waals surface area contributed by atoms with Crippen molar-refractivity contribution in [3.8, 4) is 0 Å². The summed E-state index contributed by atoms with van der Waals surface area (Å²) in [7, 11) is 0. The monoisotopic (exact) mass is 368 g/mol. The maximum absolute atomic E-state index is 12.7. The van der Waals surface area contributed by atoms with Crippen LogP contribution in [-0.2, 0) is 0 Å². The van der Waals surface area contributed by atoms with Gasteiger partial charge in [0.2, 0.25) is 0 Å². The molecule has 1 atom stereocenters. The summed E-state index contributed by atoms with van der Waals surface area (Å²) in [6.07, 6.45) is 6.47. The lowest BCUT2D eigenvalue weighted by Crippen LogP contribution is -2.30. The lowest BCUT2D eigenvalue weighted by atomic mass is 10.1. The molecule has 0 unspecified atom stereocenters. The van der Waals surface area contributed by atoms with Crippen LogP contribution in [0, 0.1) is 0 Å². The van der Waals surface area contributed by atoms with Gasteiger partial charge in [-0.1, -0.05) is 18.9 Å². The highest BCUT2D eigenvalue weighted by molar-refractivity contribution is 5.98. The summed E-state index contributed by atoms with van der Waals surface area (Å²) < 4.78 is 2.10. The molecule has 2 N–H and O–H groups in total. The van der Waals surface area contributed by atoms with Crippen LogP contribution >= 0.6 is 0 Å². The third-order valence-corrected chi connectivity index (χ3v) is 5.33. The van der Waals surface area contributed by atoms with Crippen molar-refractivity contribution in [2.45, 2.75) is 44.7 Å². The fraction of sp³-hybridized carbons (Fsp3) is 0.474. The number of hydrogen-bond acceptors (Lipinski definition) is 4. The van der Waals surface area contributed by atoms with Crippen molar-refractivity contribution >= 4 is 17.6 Å². The minimum Gasteiger partial charge on any atom is -0.342 e. The van der Waals surface area contributed by atoms with Gasteiger partial charge in [-0.3, -0.25) is 9.69 Å². The molecule has 1 aliphatic carbocycles. The van der Waals surface area contributed by atoms with Gasteiger partial charge >= 0.3 is 6.03 Å². The second-order valence-corrected chi connectivity index (χ2v) is 7.16. The minimum atomic E-state index is -0.251. The molecule has 2 heterocycles. The van der Waals surface area contributed by atoms with Crippen LogP contribution in [-0.4, -0.2) is 39.8 Å². The van der Waals surface area contributed by atoms with Crippen LogP contribution < -0.4 is 15.5 Å². The second kappa shape index (κ2) is 7.38. The van der Waals surface area contributed by atoms with Crippen LogP contribution in [0.25, 0.3) is 0 Å². The van der Waals surface area contributed by atoms with E-state index >= 15 is 0 Å². The van der Waals surface area contributed by atoms with Gasteiger partial charge in [0, 0.05) is 30.4 Å². The Hall–Kier alpha value is -2.90. The molecular formula is C19H24N6O2. The molecule has 27 heavy (non-hydrogen) atoms. The number of hydrogen-bond donors (Lipinski definition) is 2. The van der Waals surface area contributed by atoms with Gasteiger partial charge in [-0.25, -0.2) is 4.79 Å². The Morgan fingerprint density at radius 1 is 1.33 bits per heavy atom. The van der Waals surface area contributed by atoms with Crippen molar-refractivity contribution in [1.29, 1.82) is 0 Å². The van der Waals surface area contributed by atoms with Gasteiger partial charge in [0.1, 0.15) is 6.33 Å². The van der Waals surface area contributed by atoms with Crippen LogP contribution in [0.2, 0.25) is 0 Å². The van der Waals surface area contributed by atoms with Crippen molar-refractivity contribution in [3.05, 3.63) is 42.0 Å². The molecule has 4 rings (SSSR count). The SMILES string of the molecule is C[C@@H](NC(=O)c1cccc(N2CCNC2=O)c1)c1nncn1C1CCCC1. The first kappa shape index (κ1) is 17.5. The van der Waals surface area contributed by atoms with E-state index in [4.69, 9.17) is 0 Å². The molecule has 2 aromatic rings. The Morgan fingerprint density at radius 2 is 2.15 bits per heavy atom. The fourth-order valence-corrected chi connectivity index (χ4v) is 3.90. The molecule has 0 radical (unpaired) electrons. The van der Waals surface area contributed by atoms with E-state index in [1.54, 1.807) is 29.4 Å². The molecule has 142 valence electrons. The minimum absolute atomic E-state index is 0.134. The van der Waals surface area contributed by atoms with Gasteiger partial charge in [-0.2, -0.15) is 0 Å². The van der Waals surface area contributed by atoms with Crippen LogP contribution in [0.3, 0.4) is 0 Å². The largest absolute Gasteiger partial charge is 0.342 e. The molecule has 1 aliphatic heterocycles. The average Bonchev–Trinajstić information content (AvgIpc) is 3.42. The van der Waals surface area contributed by atoms with Gasteiger partial charge in [0.15, 0.2) is 5.82 Å². The maximum Gasteiger partial charge on any atom is 0.321 e. The predicted molar refractivity (Wildman–Crippen MR) is 101 cm³/mol. The van der Waals surface area contributed by atoms with Crippen LogP contribution in [0.1, 0.15) is 60.9 Å². The number of anilines is 1. The lowest BCUT2D eigenvalue weighted by molar-refractivity contribution is 0.0937. The van der Waals surface area contributed by atoms with Gasteiger partial charge < -0.3 is 15.2 Å². The molecule has 8 nitrogen and oxygen atoms in total. The Bertz CT molecular complexity index is 842. The summed E-state index contributed by atoms with van der Waals surface area (Å²) in [6.45, 7) is 3.14. The summed E-state index contributed by atoms with van der Waals surface area (Å²) in [6, 6.07) is 7.16. The van der Waals surface area contributed by atoms with E-state index in [2.05, 4.69) is 25.4 Å². The van der Waals surface area contributed by atoms with Gasteiger partial charge in [-0.15, -0.1) is 10.2 Å². The number of benzene rings is 1. The molecule has 2 aliphatic rings. The molecule has 0 spiro atoms. The Balaban J connectivity index is 1.48. The summed E-state index contributed by atoms with van der Waals surface area (Å²) in [5, 5.41) is 14.1. The molecule has 8 heteroatoms. The number of amides is 3. The molecule has 1 saturated carbocycles. The van der Waals surface area contributed by atoms with Crippen molar-refractivity contribution in [2.24, 2.45) is 0 Å². The highest BCUT2D eigenvalue weighted by atomic mass is 16.2. The molecular weight excluding hydrogens is 344 g/mol. The first-order chi connectivity index (χ1) is 13.1. The smallest absolute Gasteiger partial charge is 0.321 e. The lowest BCUT2D eigenvalue weighted by Gasteiger charge is -2.19. The van der Waals surface area contributed by atoms with E-state index in [1.165, 1.54) is 12.8 Å². The molecule has 1 aromatic heterocycles. The zero-order valence-corrected chi connectivity index (χ0v) is 15.4. The van der Waals surface area contributed by atoms with Crippen molar-refractivity contribution in [1.82, 2.24) is 25.4 Å². The Labute approximate surface area is 158 Å². The van der Waals surface area contributed by atoms with Crippen molar-refractivity contribution < 1.29 is 9.59 Å². The van der Waals surface area contributed by atoms with Gasteiger partial charge in [0.25, 0.3) is 5.91 Å². The highest BCUT2D eigenvalue weighted by Gasteiger charge is 2.25. The summed E-state index contributed by atoms with van der Waals surface area (Å²) >= 11 is 0. The quantitative estimate of drug-likeness (QED) is 0.848. The standard InChI is InChI=1S/C19H24N6O2/c1-13(17-23-21-12-25(17)15-6-2-3-7-15)22-18(26)14-5-4-8-16(11-14)24-10-9-20-19(24)27/h4-5,8,11-13,15H,2-3,6-7,9-10H2,1H3,(H,20,27)(H,22,26)/t13-/m1/s1. The molecule has 2 fully saturated rings. The number of nitrogens with zero attached hydrogens (tertiary/aromatic N) is 4. The van der Waals surface area contributed by atoms with E-state index in [9.17, 15) is 9.59 Å². The number of nitrogens with one attached hydrogen (secondary N) is 2. The second-order valence-electron chi connectivity index (χ2n) is 7.16. The molecule has 1 saturated heterocycles. The number of aromatic nitrogens is 3. The average molecular weight is 368 g/mol. The van der Waals surface area contributed by atoms with E-state index in [0.29, 0.717) is 24.7 Å². The number of carbonyl (C=O) groups excluding carboxylic acids is 2. The molecule has 1 aromatic carbocycles. The number of rotatable bonds is 5. The van der Waals surface area contributed by atoms with E-state index < -0.39 is 0 Å². The first-order valence-corrected chi connectivity index (χ1v) is 9.49. The number of urea groups is 1. The summed E-state index contributed by atoms with van der Waals surface area (Å²) in [5.74, 6) is 0.593. The van der Waals surface area contributed by atoms with E-state index in [0.717, 1.165) is 24.4 Å². The first-order valence-electron chi connectivity index (χ1n) is 9.49. The summed E-state index contributed by atoms with van der Waals surface area (Å²) in [5.41, 5.74) is 1.24. The van der Waals surface area contributed by atoms with Crippen molar-refractivity contribution in [2.75, 3.05) is 18.0 Å². The van der Waals surface area contributed by atoms with Crippen LogP contribution in [0.15, 0.2) is 30.6 Å². The third kappa shape index (κ3) is 3.51. The fourth-order valence-electron chi connectivity index (χ4n) is 3.90. The maximum atomic E-state index is 12.7. The van der Waals surface area contributed by atoms with Gasteiger partial charge in [-0.05, 0) is 38.0 Å². The predicted octanol–water partition coefficient (Wildman–Crippen LogP) is 2.41. The topological polar surface area (TPSA) is 92.2 Å². The molecule has 3 amide bonds. The normalized spacial score (nSPS) is 18.6. The molecule has 0 bridgehead atoms. The zero-order chi connectivity index (χ0) is 18.8. The van der Waals surface area contributed by atoms with E-state index in [-0.39, 0.29) is 18.0 Å². The number of carbonyl (C=O) groups is 2. The Morgan fingerprint density at radius 3 is 2.89 bits per heavy atom. The zero-order valence-electron chi connectivity index (χ0n) is 15.4. The van der Waals surface area contributed by atoms with Crippen molar-refractivity contribution in [3.63, 3.8) is 0 Å². The van der Waals surface area contributed by atoms with E-state index in [1.807, 2.05) is 13.0 Å². The highest BCUT2D eigenvalue weighted by Crippen LogP contribution is 2.31. The summed E-state index contributed by atoms with van der Waals surface area (Å²) in [4.78, 5) is 26.2. The van der Waals surface area contributed by atoms with Crippen LogP contribution in [0.4, 0.5) is 10.5 Å². The Kier molecular flexibility index (Phi) is 4.79. The third-order valence-electron chi connectivity index (χ3n) is 5.33. The van der Waals surface area contributed by atoms with Crippen LogP contribution in [0.5, 0.6) is 0 Å².